The molecule has 88 valence electrons. The summed E-state index contributed by atoms with van der Waals surface area (Å²) in [6.07, 6.45) is 2.11. The molecule has 0 spiro atoms. The van der Waals surface area contributed by atoms with Gasteiger partial charge in [-0.15, -0.1) is 11.5 Å². The average Bonchev–Trinajstić information content (AvgIpc) is 1.79. The molecule has 0 saturated carbocycles. The van der Waals surface area contributed by atoms with E-state index in [9.17, 15) is 19.8 Å². The summed E-state index contributed by atoms with van der Waals surface area (Å²) in [6, 6.07) is 0. The molecule has 0 aliphatic heterocycles. The Morgan fingerprint density at radius 2 is 1.00 bits per heavy atom. The zero-order chi connectivity index (χ0) is 11.7. The van der Waals surface area contributed by atoms with Gasteiger partial charge in [0.2, 0.25) is 0 Å². The van der Waals surface area contributed by atoms with E-state index in [4.69, 9.17) is 0 Å². The number of rotatable bonds is 2. The molecule has 0 fully saturated rings. The van der Waals surface area contributed by atoms with Crippen LogP contribution in [0.2, 0.25) is 0 Å². The monoisotopic (exact) mass is 225 g/mol. The van der Waals surface area contributed by atoms with Crippen LogP contribution in [0.25, 0.3) is 0 Å². The molecular formula is C10H16BeO5. The first kappa shape index (κ1) is 24.0. The SMILES string of the molecule is CC(=O)/C=C(/C)[O-].CC(=O)/C=C(/C)[O-].O.[Be+2]. The third-order valence-electron chi connectivity index (χ3n) is 0.813. The van der Waals surface area contributed by atoms with Crippen LogP contribution in [0.1, 0.15) is 27.7 Å². The molecule has 0 heterocycles. The first-order valence-electron chi connectivity index (χ1n) is 3.97. The first-order chi connectivity index (χ1) is 6.25. The minimum atomic E-state index is -0.187. The van der Waals surface area contributed by atoms with Gasteiger partial charge in [0.1, 0.15) is 0 Å². The van der Waals surface area contributed by atoms with Crippen LogP contribution in [0.4, 0.5) is 0 Å². The largest absolute Gasteiger partial charge is 2.00 e. The molecule has 0 bridgehead atoms. The second kappa shape index (κ2) is 13.5. The predicted molar refractivity (Wildman–Crippen MR) is 58.2 cm³/mol. The second-order valence-corrected chi connectivity index (χ2v) is 2.73. The molecule has 0 saturated heterocycles. The van der Waals surface area contributed by atoms with Gasteiger partial charge in [-0.25, -0.2) is 0 Å². The molecule has 0 amide bonds. The Kier molecular flexibility index (Phi) is 20.3. The minimum Gasteiger partial charge on any atom is -0.876 e. The maximum Gasteiger partial charge on any atom is 2.00 e. The van der Waals surface area contributed by atoms with E-state index in [0.29, 0.717) is 0 Å². The zero-order valence-corrected chi connectivity index (χ0v) is 9.99. The maximum atomic E-state index is 9.98. The molecule has 0 radical (unpaired) electrons. The number of carbonyl (C=O) groups is 2. The van der Waals surface area contributed by atoms with Gasteiger partial charge in [-0.3, -0.25) is 9.59 Å². The first-order valence-corrected chi connectivity index (χ1v) is 3.97. The number of ketones is 2. The van der Waals surface area contributed by atoms with Crippen molar-refractivity contribution in [2.45, 2.75) is 27.7 Å². The van der Waals surface area contributed by atoms with Gasteiger partial charge in [-0.1, -0.05) is 13.8 Å². The predicted octanol–water partition coefficient (Wildman–Crippen LogP) is -1.53. The summed E-state index contributed by atoms with van der Waals surface area (Å²) in [5, 5.41) is 20.0. The quantitative estimate of drug-likeness (QED) is 0.322. The number of hydrogen-bond acceptors (Lipinski definition) is 4. The van der Waals surface area contributed by atoms with Crippen molar-refractivity contribution in [1.29, 1.82) is 0 Å². The van der Waals surface area contributed by atoms with Crippen molar-refractivity contribution in [3.8, 4) is 0 Å². The van der Waals surface area contributed by atoms with E-state index < -0.39 is 0 Å². The van der Waals surface area contributed by atoms with Gasteiger partial charge < -0.3 is 15.7 Å². The summed E-state index contributed by atoms with van der Waals surface area (Å²) in [5.74, 6) is -0.750. The zero-order valence-electron chi connectivity index (χ0n) is 9.99. The van der Waals surface area contributed by atoms with Gasteiger partial charge in [-0.05, 0) is 26.0 Å². The van der Waals surface area contributed by atoms with Crippen molar-refractivity contribution in [2.75, 3.05) is 0 Å². The Morgan fingerprint density at radius 1 is 0.812 bits per heavy atom. The van der Waals surface area contributed by atoms with Gasteiger partial charge >= 0.3 is 10.1 Å². The normalized spacial score (nSPS) is 10.0. The smallest absolute Gasteiger partial charge is 0.876 e. The van der Waals surface area contributed by atoms with E-state index in [2.05, 4.69) is 0 Å². The van der Waals surface area contributed by atoms with Crippen LogP contribution < -0.4 is 10.2 Å². The van der Waals surface area contributed by atoms with Crippen LogP contribution in [0.5, 0.6) is 0 Å². The van der Waals surface area contributed by atoms with Crippen LogP contribution in [0, 0.1) is 0 Å². The Hall–Kier alpha value is -1.45. The maximum absolute atomic E-state index is 9.98. The molecular weight excluding hydrogens is 209 g/mol. The minimum absolute atomic E-state index is 0. The van der Waals surface area contributed by atoms with Crippen LogP contribution in [0.15, 0.2) is 23.7 Å². The molecule has 0 unspecified atom stereocenters. The van der Waals surface area contributed by atoms with Crippen molar-refractivity contribution < 1.29 is 25.3 Å². The molecule has 6 heteroatoms. The van der Waals surface area contributed by atoms with Gasteiger partial charge in [0, 0.05) is 0 Å². The summed E-state index contributed by atoms with van der Waals surface area (Å²) in [5.41, 5.74) is 0. The summed E-state index contributed by atoms with van der Waals surface area (Å²) in [7, 11) is 0. The van der Waals surface area contributed by atoms with Crippen molar-refractivity contribution >= 4 is 21.7 Å². The van der Waals surface area contributed by atoms with E-state index >= 15 is 0 Å². The third-order valence-corrected chi connectivity index (χ3v) is 0.813. The summed E-state index contributed by atoms with van der Waals surface area (Å²) in [6.45, 7) is 5.39. The molecule has 2 N–H and O–H groups in total. The number of allylic oxidation sites excluding steroid dienone is 4. The molecule has 0 aromatic carbocycles. The summed E-state index contributed by atoms with van der Waals surface area (Å²) >= 11 is 0. The molecule has 0 aliphatic carbocycles. The molecule has 16 heavy (non-hydrogen) atoms. The topological polar surface area (TPSA) is 112 Å². The fourth-order valence-electron chi connectivity index (χ4n) is 0.572. The van der Waals surface area contributed by atoms with Crippen LogP contribution in [0.3, 0.4) is 0 Å². The van der Waals surface area contributed by atoms with Crippen LogP contribution in [-0.4, -0.2) is 27.2 Å². The number of carbonyl (C=O) groups excluding carboxylic acids is 2. The fraction of sp³-hybridized carbons (Fsp3) is 0.400. The van der Waals surface area contributed by atoms with Crippen molar-refractivity contribution in [1.82, 2.24) is 0 Å². The fourth-order valence-corrected chi connectivity index (χ4v) is 0.572. The van der Waals surface area contributed by atoms with E-state index in [-0.39, 0.29) is 38.7 Å². The Bertz CT molecular complexity index is 232. The van der Waals surface area contributed by atoms with E-state index in [1.807, 2.05) is 0 Å². The van der Waals surface area contributed by atoms with Gasteiger partial charge in [0.25, 0.3) is 0 Å². The van der Waals surface area contributed by atoms with Crippen molar-refractivity contribution in [3.05, 3.63) is 23.7 Å². The molecule has 0 atom stereocenters. The molecule has 0 aromatic rings. The van der Waals surface area contributed by atoms with E-state index in [0.717, 1.165) is 12.2 Å². The van der Waals surface area contributed by atoms with Crippen LogP contribution >= 0.6 is 0 Å². The molecule has 5 nitrogen and oxygen atoms in total. The van der Waals surface area contributed by atoms with Gasteiger partial charge in [0.05, 0.1) is 0 Å². The Balaban J connectivity index is -0.0000000800. The van der Waals surface area contributed by atoms with Gasteiger partial charge in [-0.2, -0.15) is 0 Å². The van der Waals surface area contributed by atoms with Gasteiger partial charge in [0.15, 0.2) is 11.6 Å². The standard InChI is InChI=1S/2C5H8O2.Be.H2O/c2*1-4(6)3-5(2)7;;/h2*3,6H,1-2H3;;1H2/q;;+2;/p-2/b2*4-3-;;. The van der Waals surface area contributed by atoms with Crippen LogP contribution in [-0.2, 0) is 9.59 Å². The van der Waals surface area contributed by atoms with E-state index in [1.165, 1.54) is 27.7 Å². The molecule has 0 rings (SSSR count). The molecule has 0 aliphatic rings. The average molecular weight is 225 g/mol. The summed E-state index contributed by atoms with van der Waals surface area (Å²) < 4.78 is 0. The Morgan fingerprint density at radius 3 is 1.00 bits per heavy atom. The van der Waals surface area contributed by atoms with Crippen molar-refractivity contribution in [3.63, 3.8) is 0 Å². The molecule has 0 aromatic heterocycles. The van der Waals surface area contributed by atoms with E-state index in [1.54, 1.807) is 0 Å². The Labute approximate surface area is 99.0 Å². The second-order valence-electron chi connectivity index (χ2n) is 2.73. The third kappa shape index (κ3) is 39.0. The summed E-state index contributed by atoms with van der Waals surface area (Å²) in [4.78, 5) is 20.0. The number of hydrogen-bond donors (Lipinski definition) is 0. The van der Waals surface area contributed by atoms with Crippen molar-refractivity contribution in [2.24, 2.45) is 0 Å².